The summed E-state index contributed by atoms with van der Waals surface area (Å²) >= 11 is 5.80. The maximum absolute atomic E-state index is 13.1. The summed E-state index contributed by atoms with van der Waals surface area (Å²) in [5, 5.41) is 0.224. The molecular formula is C15H17ClF3N3O. The summed E-state index contributed by atoms with van der Waals surface area (Å²) < 4.78 is 39.9. The van der Waals surface area contributed by atoms with Gasteiger partial charge in [-0.25, -0.2) is 9.97 Å². The van der Waals surface area contributed by atoms with Gasteiger partial charge in [-0.3, -0.25) is 0 Å². The fourth-order valence-corrected chi connectivity index (χ4v) is 2.24. The van der Waals surface area contributed by atoms with Gasteiger partial charge in [-0.1, -0.05) is 23.8 Å². The lowest BCUT2D eigenvalue weighted by Crippen LogP contribution is -2.21. The Morgan fingerprint density at radius 3 is 2.78 bits per heavy atom. The Labute approximate surface area is 136 Å². The first-order valence-electron chi connectivity index (χ1n) is 7.29. The average molecular weight is 348 g/mol. The van der Waals surface area contributed by atoms with Crippen LogP contribution in [0.4, 0.5) is 13.2 Å². The Morgan fingerprint density at radius 1 is 1.30 bits per heavy atom. The third-order valence-corrected chi connectivity index (χ3v) is 3.37. The molecule has 8 heteroatoms. The smallest absolute Gasteiger partial charge is 0.412 e. The van der Waals surface area contributed by atoms with E-state index >= 15 is 0 Å². The fourth-order valence-electron chi connectivity index (χ4n) is 2.09. The number of fused-ring (bicyclic) bond motifs is 1. The van der Waals surface area contributed by atoms with Crippen LogP contribution in [0.3, 0.4) is 0 Å². The van der Waals surface area contributed by atoms with Crippen molar-refractivity contribution >= 4 is 22.8 Å². The monoisotopic (exact) mass is 347 g/mol. The molecule has 0 fully saturated rings. The van der Waals surface area contributed by atoms with Crippen LogP contribution in [0.15, 0.2) is 24.4 Å². The average Bonchev–Trinajstić information content (AvgIpc) is 2.84. The molecule has 2 aromatic heterocycles. The van der Waals surface area contributed by atoms with Crippen molar-refractivity contribution < 1.29 is 18.0 Å². The summed E-state index contributed by atoms with van der Waals surface area (Å²) in [6.07, 6.45) is 4.11. The topological polar surface area (TPSA) is 39.9 Å². The molecule has 23 heavy (non-hydrogen) atoms. The highest BCUT2D eigenvalue weighted by molar-refractivity contribution is 6.31. The van der Waals surface area contributed by atoms with Gasteiger partial charge in [-0.2, -0.15) is 17.9 Å². The highest BCUT2D eigenvalue weighted by Gasteiger charge is 2.39. The van der Waals surface area contributed by atoms with Crippen molar-refractivity contribution in [3.05, 3.63) is 35.3 Å². The number of allylic oxidation sites excluding steroid dienone is 2. The third-order valence-electron chi connectivity index (χ3n) is 3.16. The summed E-state index contributed by atoms with van der Waals surface area (Å²) in [5.74, 6) is -1.13. The third kappa shape index (κ3) is 4.60. The number of aromatic nitrogens is 3. The number of hydrogen-bond donors (Lipinski definition) is 0. The minimum atomic E-state index is -4.63. The van der Waals surface area contributed by atoms with Crippen molar-refractivity contribution in [2.24, 2.45) is 0 Å². The number of halogens is 4. The molecule has 0 aliphatic rings. The zero-order chi connectivity index (χ0) is 16.9. The molecule has 2 rings (SSSR count). The SMILES string of the molecule is CC=CCCCCCOn1c(C(F)(F)F)nc2ncc(Cl)cc21. The van der Waals surface area contributed by atoms with Crippen LogP contribution in [0.25, 0.3) is 11.2 Å². The number of alkyl halides is 3. The van der Waals surface area contributed by atoms with E-state index in [-0.39, 0.29) is 22.8 Å². The number of pyridine rings is 1. The van der Waals surface area contributed by atoms with E-state index in [9.17, 15) is 13.2 Å². The fraction of sp³-hybridized carbons (Fsp3) is 0.467. The Morgan fingerprint density at radius 2 is 2.09 bits per heavy atom. The van der Waals surface area contributed by atoms with Gasteiger partial charge < -0.3 is 4.84 Å². The number of unbranched alkanes of at least 4 members (excludes halogenated alkanes) is 3. The van der Waals surface area contributed by atoms with Crippen LogP contribution >= 0.6 is 11.6 Å². The van der Waals surface area contributed by atoms with Gasteiger partial charge in [0.25, 0.3) is 5.82 Å². The van der Waals surface area contributed by atoms with Gasteiger partial charge in [0, 0.05) is 6.20 Å². The standard InChI is InChI=1S/C15H17ClF3N3O/c1-2-3-4-5-6-7-8-23-22-12-9-11(16)10-20-13(12)21-14(22)15(17,18)19/h2-3,9-10H,4-8H2,1H3. The van der Waals surface area contributed by atoms with Gasteiger partial charge in [0.1, 0.15) is 12.1 Å². The van der Waals surface area contributed by atoms with Crippen molar-refractivity contribution in [1.29, 1.82) is 0 Å². The molecule has 126 valence electrons. The molecule has 0 bridgehead atoms. The van der Waals surface area contributed by atoms with E-state index in [0.29, 0.717) is 11.2 Å². The molecule has 0 unspecified atom stereocenters. The predicted molar refractivity (Wildman–Crippen MR) is 82.3 cm³/mol. The molecule has 0 aromatic carbocycles. The molecular weight excluding hydrogens is 331 g/mol. The largest absolute Gasteiger partial charge is 0.453 e. The molecule has 2 heterocycles. The molecule has 0 atom stereocenters. The Hall–Kier alpha value is -1.76. The molecule has 0 N–H and O–H groups in total. The first-order valence-corrected chi connectivity index (χ1v) is 7.67. The van der Waals surface area contributed by atoms with E-state index in [1.807, 2.05) is 13.0 Å². The highest BCUT2D eigenvalue weighted by atomic mass is 35.5. The lowest BCUT2D eigenvalue weighted by Gasteiger charge is -2.12. The van der Waals surface area contributed by atoms with Crippen LogP contribution in [-0.2, 0) is 6.18 Å². The molecule has 0 radical (unpaired) electrons. The van der Waals surface area contributed by atoms with Crippen LogP contribution in [-0.4, -0.2) is 21.3 Å². The molecule has 0 spiro atoms. The van der Waals surface area contributed by atoms with Gasteiger partial charge >= 0.3 is 6.18 Å². The Balaban J connectivity index is 2.09. The van der Waals surface area contributed by atoms with E-state index in [1.165, 1.54) is 12.3 Å². The van der Waals surface area contributed by atoms with E-state index < -0.39 is 12.0 Å². The minimum absolute atomic E-state index is 0.0465. The first-order chi connectivity index (χ1) is 10.9. The normalized spacial score (nSPS) is 12.4. The molecule has 0 aliphatic carbocycles. The van der Waals surface area contributed by atoms with Crippen LogP contribution in [0.1, 0.15) is 38.4 Å². The Bertz CT molecular complexity index is 682. The summed E-state index contributed by atoms with van der Waals surface area (Å²) in [6.45, 7) is 2.11. The minimum Gasteiger partial charge on any atom is -0.412 e. The van der Waals surface area contributed by atoms with E-state index in [1.54, 1.807) is 0 Å². The molecule has 0 aliphatic heterocycles. The van der Waals surface area contributed by atoms with Crippen LogP contribution < -0.4 is 4.84 Å². The highest BCUT2D eigenvalue weighted by Crippen LogP contribution is 2.31. The van der Waals surface area contributed by atoms with Crippen molar-refractivity contribution in [2.75, 3.05) is 6.61 Å². The lowest BCUT2D eigenvalue weighted by atomic mass is 10.2. The van der Waals surface area contributed by atoms with Crippen LogP contribution in [0, 0.1) is 0 Å². The second-order valence-corrected chi connectivity index (χ2v) is 5.41. The number of hydrogen-bond acceptors (Lipinski definition) is 3. The second-order valence-electron chi connectivity index (χ2n) is 4.98. The van der Waals surface area contributed by atoms with Gasteiger partial charge in [0.05, 0.1) is 5.02 Å². The second kappa shape index (κ2) is 7.68. The summed E-state index contributed by atoms with van der Waals surface area (Å²) in [7, 11) is 0. The van der Waals surface area contributed by atoms with Crippen molar-refractivity contribution in [3.8, 4) is 0 Å². The summed E-state index contributed by atoms with van der Waals surface area (Å²) in [4.78, 5) is 12.6. The zero-order valence-corrected chi connectivity index (χ0v) is 13.4. The molecule has 0 saturated heterocycles. The van der Waals surface area contributed by atoms with E-state index in [4.69, 9.17) is 16.4 Å². The van der Waals surface area contributed by atoms with E-state index in [0.717, 1.165) is 19.3 Å². The lowest BCUT2D eigenvalue weighted by molar-refractivity contribution is -0.155. The van der Waals surface area contributed by atoms with Crippen molar-refractivity contribution in [2.45, 2.75) is 38.8 Å². The predicted octanol–water partition coefficient (Wildman–Crippen LogP) is 4.67. The van der Waals surface area contributed by atoms with Crippen molar-refractivity contribution in [3.63, 3.8) is 0 Å². The maximum atomic E-state index is 13.1. The van der Waals surface area contributed by atoms with E-state index in [2.05, 4.69) is 16.0 Å². The summed E-state index contributed by atoms with van der Waals surface area (Å²) in [5.41, 5.74) is 0.0635. The molecule has 0 amide bonds. The van der Waals surface area contributed by atoms with Gasteiger partial charge in [-0.15, -0.1) is 0 Å². The Kier molecular flexibility index (Phi) is 5.87. The van der Waals surface area contributed by atoms with Gasteiger partial charge in [0.15, 0.2) is 5.65 Å². The van der Waals surface area contributed by atoms with Crippen LogP contribution in [0.2, 0.25) is 5.02 Å². The van der Waals surface area contributed by atoms with Gasteiger partial charge in [-0.05, 0) is 38.7 Å². The molecule has 4 nitrogen and oxygen atoms in total. The number of rotatable bonds is 7. The van der Waals surface area contributed by atoms with Gasteiger partial charge in [0.2, 0.25) is 0 Å². The number of imidazole rings is 1. The zero-order valence-electron chi connectivity index (χ0n) is 12.6. The maximum Gasteiger partial charge on any atom is 0.453 e. The molecule has 0 saturated carbocycles. The summed E-state index contributed by atoms with van der Waals surface area (Å²) in [6, 6.07) is 1.36. The molecule has 2 aromatic rings. The quantitative estimate of drug-likeness (QED) is 0.540. The first kappa shape index (κ1) is 17.6. The number of nitrogens with zero attached hydrogens (tertiary/aromatic N) is 3. The van der Waals surface area contributed by atoms with Crippen LogP contribution in [0.5, 0.6) is 0 Å². The van der Waals surface area contributed by atoms with Crippen molar-refractivity contribution in [1.82, 2.24) is 14.7 Å².